The molecule has 2 aromatic rings. The van der Waals surface area contributed by atoms with Gasteiger partial charge in [0.1, 0.15) is 0 Å². The van der Waals surface area contributed by atoms with Crippen LogP contribution in [0, 0.1) is 17.8 Å². The number of hydrogen-bond acceptors (Lipinski definition) is 2. The number of piperidine rings is 1. The lowest BCUT2D eigenvalue weighted by molar-refractivity contribution is -0.0246. The summed E-state index contributed by atoms with van der Waals surface area (Å²) in [6.07, 6.45) is 2.33. The highest BCUT2D eigenvalue weighted by molar-refractivity contribution is 5.85. The molecule has 0 amide bonds. The Morgan fingerprint density at radius 3 is 2.91 bits per heavy atom. The molecule has 1 aromatic heterocycles. The first-order chi connectivity index (χ1) is 10.7. The molecule has 0 saturated carbocycles. The molecule has 2 aliphatic rings. The van der Waals surface area contributed by atoms with Crippen molar-refractivity contribution in [2.75, 3.05) is 19.7 Å². The lowest BCUT2D eigenvalue weighted by Gasteiger charge is -2.50. The molecule has 3 nitrogen and oxygen atoms in total. The molecule has 0 aliphatic carbocycles. The van der Waals surface area contributed by atoms with Crippen LogP contribution < -0.4 is 0 Å². The van der Waals surface area contributed by atoms with Gasteiger partial charge >= 0.3 is 0 Å². The molecule has 1 aromatic carbocycles. The van der Waals surface area contributed by atoms with Crippen LogP contribution in [0.2, 0.25) is 0 Å². The number of aliphatic hydroxyl groups is 1. The molecule has 0 spiro atoms. The summed E-state index contributed by atoms with van der Waals surface area (Å²) < 4.78 is 0. The zero-order valence-corrected chi connectivity index (χ0v) is 13.5. The number of fused-ring (bicyclic) bond motifs is 5. The van der Waals surface area contributed by atoms with Gasteiger partial charge < -0.3 is 10.1 Å². The van der Waals surface area contributed by atoms with Gasteiger partial charge in [-0.3, -0.25) is 4.90 Å². The van der Waals surface area contributed by atoms with Gasteiger partial charge in [-0.25, -0.2) is 0 Å². The minimum absolute atomic E-state index is 0.285. The zero-order valence-electron chi connectivity index (χ0n) is 13.5. The summed E-state index contributed by atoms with van der Waals surface area (Å²) in [4.78, 5) is 6.30. The van der Waals surface area contributed by atoms with Gasteiger partial charge in [0.15, 0.2) is 0 Å². The van der Waals surface area contributed by atoms with Gasteiger partial charge in [0, 0.05) is 42.2 Å². The molecule has 118 valence electrons. The number of aliphatic hydroxyl groups excluding tert-OH is 1. The number of aromatic amines is 1. The summed E-state index contributed by atoms with van der Waals surface area (Å²) in [5.74, 6) is 1.62. The molecule has 0 radical (unpaired) electrons. The number of para-hydroxylation sites is 1. The second kappa shape index (κ2) is 5.39. The fraction of sp³-hybridized carbons (Fsp3) is 0.579. The standard InChI is InChI=1S/C19H26N2O/c1-3-13-10-21-9-8-15-14-6-4-5-7-17(14)20-18(15)19(21)16(11-22)12(13)2/h4-7,12-13,16,19-20,22H,3,8-11H2,1-2H3. The normalized spacial score (nSPS) is 32.0. The van der Waals surface area contributed by atoms with Gasteiger partial charge in [0.2, 0.25) is 0 Å². The number of aromatic nitrogens is 1. The van der Waals surface area contributed by atoms with Crippen molar-refractivity contribution in [2.45, 2.75) is 32.7 Å². The molecule has 1 saturated heterocycles. The molecular formula is C19H26N2O. The van der Waals surface area contributed by atoms with E-state index < -0.39 is 0 Å². The van der Waals surface area contributed by atoms with Crippen LogP contribution in [0.25, 0.3) is 10.9 Å². The fourth-order valence-corrected chi connectivity index (χ4v) is 4.88. The van der Waals surface area contributed by atoms with E-state index in [4.69, 9.17) is 0 Å². The van der Waals surface area contributed by atoms with Crippen molar-refractivity contribution in [3.8, 4) is 0 Å². The third-order valence-electron chi connectivity index (χ3n) is 6.21. The highest BCUT2D eigenvalue weighted by Crippen LogP contribution is 2.46. The van der Waals surface area contributed by atoms with E-state index in [0.29, 0.717) is 23.8 Å². The second-order valence-electron chi connectivity index (χ2n) is 7.13. The molecule has 0 bridgehead atoms. The van der Waals surface area contributed by atoms with Crippen molar-refractivity contribution in [3.63, 3.8) is 0 Å². The number of nitrogens with zero attached hydrogens (tertiary/aromatic N) is 1. The largest absolute Gasteiger partial charge is 0.396 e. The highest BCUT2D eigenvalue weighted by atomic mass is 16.3. The van der Waals surface area contributed by atoms with Crippen LogP contribution in [0.5, 0.6) is 0 Å². The molecular weight excluding hydrogens is 272 g/mol. The first kappa shape index (κ1) is 14.3. The SMILES string of the molecule is CCC1CN2CCc3c([nH]c4ccccc34)C2C(CO)C1C. The predicted octanol–water partition coefficient (Wildman–Crippen LogP) is 3.35. The van der Waals surface area contributed by atoms with Crippen molar-refractivity contribution >= 4 is 10.9 Å². The van der Waals surface area contributed by atoms with Crippen LogP contribution in [-0.2, 0) is 6.42 Å². The van der Waals surface area contributed by atoms with Gasteiger partial charge in [-0.1, -0.05) is 38.5 Å². The Kier molecular flexibility index (Phi) is 3.50. The molecule has 4 unspecified atom stereocenters. The summed E-state index contributed by atoms with van der Waals surface area (Å²) in [5, 5.41) is 11.4. The van der Waals surface area contributed by atoms with Crippen molar-refractivity contribution in [2.24, 2.45) is 17.8 Å². The average molecular weight is 298 g/mol. The van der Waals surface area contributed by atoms with Crippen molar-refractivity contribution in [1.29, 1.82) is 0 Å². The first-order valence-corrected chi connectivity index (χ1v) is 8.69. The van der Waals surface area contributed by atoms with Gasteiger partial charge in [0.05, 0.1) is 6.04 Å². The maximum atomic E-state index is 10.1. The second-order valence-corrected chi connectivity index (χ2v) is 7.13. The van der Waals surface area contributed by atoms with E-state index >= 15 is 0 Å². The van der Waals surface area contributed by atoms with Crippen LogP contribution in [-0.4, -0.2) is 34.7 Å². The minimum atomic E-state index is 0.285. The number of hydrogen-bond donors (Lipinski definition) is 2. The summed E-state index contributed by atoms with van der Waals surface area (Å²) in [5.41, 5.74) is 4.10. The van der Waals surface area contributed by atoms with E-state index in [2.05, 4.69) is 48.0 Å². The average Bonchev–Trinajstić information content (AvgIpc) is 2.93. The molecule has 1 fully saturated rings. The Bertz CT molecular complexity index is 677. The van der Waals surface area contributed by atoms with Gasteiger partial charge in [-0.15, -0.1) is 0 Å². The van der Waals surface area contributed by atoms with Crippen LogP contribution >= 0.6 is 0 Å². The van der Waals surface area contributed by atoms with Crippen molar-refractivity contribution in [1.82, 2.24) is 9.88 Å². The number of nitrogens with one attached hydrogen (secondary N) is 1. The van der Waals surface area contributed by atoms with Crippen molar-refractivity contribution in [3.05, 3.63) is 35.5 Å². The molecule has 22 heavy (non-hydrogen) atoms. The molecule has 2 N–H and O–H groups in total. The Morgan fingerprint density at radius 2 is 2.14 bits per heavy atom. The minimum Gasteiger partial charge on any atom is -0.396 e. The maximum Gasteiger partial charge on any atom is 0.0554 e. The Balaban J connectivity index is 1.82. The maximum absolute atomic E-state index is 10.1. The van der Waals surface area contributed by atoms with E-state index in [1.165, 1.54) is 35.1 Å². The smallest absolute Gasteiger partial charge is 0.0554 e. The molecule has 3 heterocycles. The topological polar surface area (TPSA) is 39.3 Å². The summed E-state index contributed by atoms with van der Waals surface area (Å²) in [7, 11) is 0. The lowest BCUT2D eigenvalue weighted by atomic mass is 9.71. The van der Waals surface area contributed by atoms with Crippen molar-refractivity contribution < 1.29 is 5.11 Å². The van der Waals surface area contributed by atoms with Gasteiger partial charge in [0.25, 0.3) is 0 Å². The van der Waals surface area contributed by atoms with Crippen LogP contribution in [0.3, 0.4) is 0 Å². The highest BCUT2D eigenvalue weighted by Gasteiger charge is 2.44. The molecule has 2 aliphatic heterocycles. The quantitative estimate of drug-likeness (QED) is 0.892. The Morgan fingerprint density at radius 1 is 1.32 bits per heavy atom. The third-order valence-corrected chi connectivity index (χ3v) is 6.21. The van der Waals surface area contributed by atoms with Gasteiger partial charge in [-0.2, -0.15) is 0 Å². The van der Waals surface area contributed by atoms with Crippen LogP contribution in [0.4, 0.5) is 0 Å². The number of benzene rings is 1. The number of H-pyrrole nitrogens is 1. The third kappa shape index (κ3) is 1.95. The summed E-state index contributed by atoms with van der Waals surface area (Å²) >= 11 is 0. The molecule has 4 rings (SSSR count). The summed E-state index contributed by atoms with van der Waals surface area (Å²) in [6.45, 7) is 7.21. The Hall–Kier alpha value is -1.32. The lowest BCUT2D eigenvalue weighted by Crippen LogP contribution is -2.51. The monoisotopic (exact) mass is 298 g/mol. The van der Waals surface area contributed by atoms with Gasteiger partial charge in [-0.05, 0) is 29.9 Å². The predicted molar refractivity (Wildman–Crippen MR) is 89.8 cm³/mol. The van der Waals surface area contributed by atoms with E-state index in [1.54, 1.807) is 0 Å². The van der Waals surface area contributed by atoms with Crippen LogP contribution in [0.1, 0.15) is 37.6 Å². The fourth-order valence-electron chi connectivity index (χ4n) is 4.88. The molecule has 4 atom stereocenters. The van der Waals surface area contributed by atoms with E-state index in [0.717, 1.165) is 13.0 Å². The van der Waals surface area contributed by atoms with E-state index in [1.807, 2.05) is 0 Å². The summed E-state index contributed by atoms with van der Waals surface area (Å²) in [6, 6.07) is 8.99. The van der Waals surface area contributed by atoms with E-state index in [9.17, 15) is 5.11 Å². The first-order valence-electron chi connectivity index (χ1n) is 8.69. The zero-order chi connectivity index (χ0) is 15.3. The number of rotatable bonds is 2. The Labute approximate surface area is 132 Å². The van der Waals surface area contributed by atoms with E-state index in [-0.39, 0.29) is 6.61 Å². The molecule has 3 heteroatoms. The van der Waals surface area contributed by atoms with Crippen LogP contribution in [0.15, 0.2) is 24.3 Å².